The Morgan fingerprint density at radius 1 is 0.817 bits per heavy atom. The number of rotatable bonds is 10. The van der Waals surface area contributed by atoms with E-state index in [9.17, 15) is 19.2 Å². The number of fused-ring (bicyclic) bond motifs is 1. The van der Waals surface area contributed by atoms with Crippen molar-refractivity contribution in [3.8, 4) is 23.1 Å². The van der Waals surface area contributed by atoms with E-state index in [-0.39, 0.29) is 40.9 Å². The van der Waals surface area contributed by atoms with Crippen LogP contribution in [0, 0.1) is 23.7 Å². The first-order valence-electron chi connectivity index (χ1n) is 20.6. The predicted octanol–water partition coefficient (Wildman–Crippen LogP) is 5.68. The van der Waals surface area contributed by atoms with Crippen molar-refractivity contribution < 1.29 is 33.4 Å². The molecule has 4 fully saturated rings. The summed E-state index contributed by atoms with van der Waals surface area (Å²) >= 11 is 13.4. The van der Waals surface area contributed by atoms with E-state index in [4.69, 9.17) is 42.4 Å². The number of nitrogens with zero attached hydrogens (tertiary/aromatic N) is 4. The van der Waals surface area contributed by atoms with Crippen LogP contribution in [0.1, 0.15) is 86.4 Å². The van der Waals surface area contributed by atoms with Gasteiger partial charge in [0.05, 0.1) is 19.2 Å². The molecule has 4 aliphatic heterocycles. The lowest BCUT2D eigenvalue weighted by molar-refractivity contribution is -0.138. The molecule has 60 heavy (non-hydrogen) atoms. The van der Waals surface area contributed by atoms with Crippen LogP contribution in [0.5, 0.6) is 0 Å². The van der Waals surface area contributed by atoms with Gasteiger partial charge in [0.25, 0.3) is 0 Å². The average Bonchev–Trinajstić information content (AvgIpc) is 4.11. The number of amides is 4. The Labute approximate surface area is 357 Å². The van der Waals surface area contributed by atoms with Crippen molar-refractivity contribution in [1.82, 2.24) is 40.4 Å². The maximum Gasteiger partial charge on any atom is 0.407 e. The summed E-state index contributed by atoms with van der Waals surface area (Å²) in [6, 6.07) is 9.87. The van der Waals surface area contributed by atoms with Gasteiger partial charge in [-0.3, -0.25) is 14.4 Å². The number of H-pyrrole nitrogens is 2. The first-order chi connectivity index (χ1) is 29.2. The number of halogens is 2. The summed E-state index contributed by atoms with van der Waals surface area (Å²) < 4.78 is 15.9. The average molecular weight is 860 g/mol. The molecule has 4 atom stereocenters. The minimum absolute atomic E-state index is 0.0104. The van der Waals surface area contributed by atoms with Gasteiger partial charge < -0.3 is 44.6 Å². The normalized spacial score (nSPS) is 21.0. The number of hydrogen-bond acceptors (Lipinski definition) is 9. The van der Waals surface area contributed by atoms with Gasteiger partial charge in [-0.2, -0.15) is 0 Å². The van der Waals surface area contributed by atoms with Gasteiger partial charge in [0, 0.05) is 50.6 Å². The molecule has 15 nitrogen and oxygen atoms in total. The van der Waals surface area contributed by atoms with Crippen molar-refractivity contribution >= 4 is 58.3 Å². The molecule has 8 rings (SSSR count). The number of carbonyl (C=O) groups is 4. The van der Waals surface area contributed by atoms with E-state index in [0.29, 0.717) is 113 Å². The number of benzene rings is 2. The zero-order chi connectivity index (χ0) is 41.8. The number of imidazole rings is 2. The molecule has 4 amide bonds. The Bertz CT molecular complexity index is 2290. The van der Waals surface area contributed by atoms with E-state index in [1.54, 1.807) is 9.80 Å². The first kappa shape index (κ1) is 41.6. The van der Waals surface area contributed by atoms with Gasteiger partial charge in [0.1, 0.15) is 40.3 Å². The van der Waals surface area contributed by atoms with Crippen LogP contribution >= 0.6 is 23.2 Å². The third-order valence-electron chi connectivity index (χ3n) is 12.2. The van der Waals surface area contributed by atoms with E-state index < -0.39 is 18.2 Å². The van der Waals surface area contributed by atoms with Gasteiger partial charge in [-0.25, -0.2) is 14.8 Å². The monoisotopic (exact) mass is 858 g/mol. The topological polar surface area (TPSA) is 184 Å². The third kappa shape index (κ3) is 8.83. The molecule has 4 N–H and O–H groups in total. The summed E-state index contributed by atoms with van der Waals surface area (Å²) in [5.41, 5.74) is 2.62. The van der Waals surface area contributed by atoms with Crippen molar-refractivity contribution in [1.29, 1.82) is 0 Å². The van der Waals surface area contributed by atoms with Crippen LogP contribution in [0.15, 0.2) is 36.4 Å². The molecule has 2 unspecified atom stereocenters. The fraction of sp³-hybridized carbons (Fsp3) is 0.488. The number of ether oxygens (including phenoxy) is 3. The van der Waals surface area contributed by atoms with E-state index in [1.807, 2.05) is 36.4 Å². The van der Waals surface area contributed by atoms with E-state index in [0.717, 1.165) is 34.7 Å². The molecule has 17 heteroatoms. The Morgan fingerprint density at radius 3 is 2.07 bits per heavy atom. The minimum atomic E-state index is -0.732. The summed E-state index contributed by atoms with van der Waals surface area (Å²) in [5.74, 6) is 7.15. The van der Waals surface area contributed by atoms with Crippen LogP contribution in [0.2, 0.25) is 10.3 Å². The molecule has 4 aromatic rings. The van der Waals surface area contributed by atoms with Crippen LogP contribution in [0.4, 0.5) is 4.79 Å². The van der Waals surface area contributed by atoms with E-state index in [2.05, 4.69) is 37.4 Å². The molecule has 316 valence electrons. The Kier molecular flexibility index (Phi) is 12.9. The number of hydrogen-bond donors (Lipinski definition) is 4. The van der Waals surface area contributed by atoms with Crippen molar-refractivity contribution in [3.63, 3.8) is 0 Å². The van der Waals surface area contributed by atoms with Crippen LogP contribution in [-0.4, -0.2) is 113 Å². The SMILES string of the molecule is COC(=O)NC(C(=O)N1CCC[C@H]1c1nc(-c2ccc3cc(C#Cc4[nH]c([C@@H]5CCCN5C(=O)C(NC=O)C5CCOCC5)nc4Cl)ccc3c2)c(Cl)[nH]1)C1CCOCC1. The van der Waals surface area contributed by atoms with E-state index in [1.165, 1.54) is 7.11 Å². The highest BCUT2D eigenvalue weighted by Crippen LogP contribution is 2.37. The molecule has 0 spiro atoms. The van der Waals surface area contributed by atoms with Gasteiger partial charge in [0.2, 0.25) is 18.2 Å². The van der Waals surface area contributed by atoms with Gasteiger partial charge >= 0.3 is 6.09 Å². The number of alkyl carbamates (subject to hydrolysis) is 1. The first-order valence-corrected chi connectivity index (χ1v) is 21.4. The maximum absolute atomic E-state index is 14.0. The number of aromatic amines is 2. The zero-order valence-corrected chi connectivity index (χ0v) is 34.8. The molecular formula is C43H48Cl2N8O7. The second kappa shape index (κ2) is 18.6. The van der Waals surface area contributed by atoms with Crippen LogP contribution < -0.4 is 10.6 Å². The zero-order valence-electron chi connectivity index (χ0n) is 33.3. The number of aromatic nitrogens is 4. The highest BCUT2D eigenvalue weighted by atomic mass is 35.5. The number of methoxy groups -OCH3 is 1. The second-order valence-electron chi connectivity index (χ2n) is 15.8. The standard InChI is InChI=1S/C43H48Cl2N8O7/c1-58-43(57)49-36(27-14-20-60-21-15-27)42(56)53-17-3-5-33(53)40-48-34(38(45)51-40)30-10-9-28-22-25(6-8-29(28)23-30)7-11-31-37(44)50-39(47-31)32-4-2-16-52(32)41(55)35(46-24-54)26-12-18-59-19-13-26/h6,8-10,22-24,26-27,32-33,35-36H,2-5,12-21H2,1H3,(H,46,54)(H,47,50)(H,48,51)(H,49,57)/t32-,33-,35?,36?/m0/s1. The largest absolute Gasteiger partial charge is 0.453 e. The Hall–Kier alpha value is -5.14. The second-order valence-corrected chi connectivity index (χ2v) is 16.5. The molecule has 0 aliphatic carbocycles. The molecule has 6 heterocycles. The van der Waals surface area contributed by atoms with Crippen molar-refractivity contribution in [2.75, 3.05) is 46.6 Å². The molecule has 0 bridgehead atoms. The molecule has 2 aromatic carbocycles. The smallest absolute Gasteiger partial charge is 0.407 e. The molecular weight excluding hydrogens is 811 g/mol. The number of carbonyl (C=O) groups excluding carboxylic acids is 4. The fourth-order valence-corrected chi connectivity index (χ4v) is 9.50. The summed E-state index contributed by atoms with van der Waals surface area (Å²) in [6.07, 6.45) is 5.72. The summed E-state index contributed by atoms with van der Waals surface area (Å²) in [6.45, 7) is 3.30. The van der Waals surface area contributed by atoms with Crippen LogP contribution in [-0.2, 0) is 28.6 Å². The number of nitrogens with one attached hydrogen (secondary N) is 4. The maximum atomic E-state index is 14.0. The molecule has 2 aromatic heterocycles. The van der Waals surface area contributed by atoms with Crippen molar-refractivity contribution in [2.45, 2.75) is 75.5 Å². The lowest BCUT2D eigenvalue weighted by Gasteiger charge is -2.34. The summed E-state index contributed by atoms with van der Waals surface area (Å²) in [4.78, 5) is 71.1. The molecule has 4 aliphatic rings. The lowest BCUT2D eigenvalue weighted by atomic mass is 9.90. The van der Waals surface area contributed by atoms with Gasteiger partial charge in [-0.15, -0.1) is 0 Å². The van der Waals surface area contributed by atoms with Gasteiger partial charge in [0.15, 0.2) is 5.15 Å². The molecule has 4 saturated heterocycles. The third-order valence-corrected chi connectivity index (χ3v) is 12.8. The fourth-order valence-electron chi connectivity index (χ4n) is 9.07. The van der Waals surface area contributed by atoms with Crippen molar-refractivity contribution in [2.24, 2.45) is 11.8 Å². The van der Waals surface area contributed by atoms with Gasteiger partial charge in [-0.05, 0) is 98.1 Å². The molecule has 0 radical (unpaired) electrons. The quantitative estimate of drug-likeness (QED) is 0.115. The highest BCUT2D eigenvalue weighted by molar-refractivity contribution is 6.32. The van der Waals surface area contributed by atoms with Gasteiger partial charge in [-0.1, -0.05) is 47.3 Å². The predicted molar refractivity (Wildman–Crippen MR) is 223 cm³/mol. The van der Waals surface area contributed by atoms with Crippen LogP contribution in [0.25, 0.3) is 22.0 Å². The Morgan fingerprint density at radius 2 is 1.42 bits per heavy atom. The summed E-state index contributed by atoms with van der Waals surface area (Å²) in [7, 11) is 1.29. The number of likely N-dealkylation sites (tertiary alicyclic amines) is 2. The lowest BCUT2D eigenvalue weighted by Crippen LogP contribution is -2.53. The minimum Gasteiger partial charge on any atom is -0.453 e. The summed E-state index contributed by atoms with van der Waals surface area (Å²) in [5, 5.41) is 8.08. The Balaban J connectivity index is 0.962. The highest BCUT2D eigenvalue weighted by Gasteiger charge is 2.41. The van der Waals surface area contributed by atoms with Crippen molar-refractivity contribution in [3.05, 3.63) is 69.6 Å². The van der Waals surface area contributed by atoms with E-state index >= 15 is 0 Å². The molecule has 0 saturated carbocycles. The van der Waals surface area contributed by atoms with Crippen LogP contribution in [0.3, 0.4) is 0 Å².